The van der Waals surface area contributed by atoms with Crippen LogP contribution in [-0.4, -0.2) is 34.9 Å². The van der Waals surface area contributed by atoms with E-state index in [4.69, 9.17) is 4.52 Å². The number of hydrogen-bond donors (Lipinski definition) is 1. The van der Waals surface area contributed by atoms with Crippen LogP contribution < -0.4 is 4.90 Å². The third-order valence-corrected chi connectivity index (χ3v) is 4.85. The zero-order chi connectivity index (χ0) is 18.1. The van der Waals surface area contributed by atoms with Crippen molar-refractivity contribution >= 4 is 5.95 Å². The number of piperidine rings is 1. The second-order valence-electron chi connectivity index (χ2n) is 6.59. The molecule has 2 heterocycles. The fourth-order valence-corrected chi connectivity index (χ4v) is 3.34. The molecule has 5 nitrogen and oxygen atoms in total. The lowest BCUT2D eigenvalue weighted by Gasteiger charge is -2.40. The minimum absolute atomic E-state index is 0.154. The number of benzene rings is 1. The first-order chi connectivity index (χ1) is 11.8. The van der Waals surface area contributed by atoms with Gasteiger partial charge < -0.3 is 14.5 Å². The highest BCUT2D eigenvalue weighted by Crippen LogP contribution is 2.39. The zero-order valence-electron chi connectivity index (χ0n) is 13.9. The largest absolute Gasteiger partial charge is 0.416 e. The van der Waals surface area contributed by atoms with E-state index in [9.17, 15) is 18.3 Å². The molecule has 0 saturated carbocycles. The highest BCUT2D eigenvalue weighted by Gasteiger charge is 2.39. The van der Waals surface area contributed by atoms with Gasteiger partial charge in [-0.3, -0.25) is 0 Å². The van der Waals surface area contributed by atoms with Gasteiger partial charge in [-0.05, 0) is 36.0 Å². The summed E-state index contributed by atoms with van der Waals surface area (Å²) in [6.45, 7) is 2.67. The minimum atomic E-state index is -4.39. The molecular formula is C17H20F3N3O2. The smallest absolute Gasteiger partial charge is 0.396 e. The van der Waals surface area contributed by atoms with Crippen LogP contribution in [0.1, 0.15) is 29.9 Å². The van der Waals surface area contributed by atoms with Gasteiger partial charge in [0.2, 0.25) is 5.89 Å². The number of nitrogens with zero attached hydrogens (tertiary/aromatic N) is 3. The van der Waals surface area contributed by atoms with Gasteiger partial charge in [0.1, 0.15) is 0 Å². The first kappa shape index (κ1) is 17.7. The van der Waals surface area contributed by atoms with Gasteiger partial charge in [-0.1, -0.05) is 18.2 Å². The zero-order valence-corrected chi connectivity index (χ0v) is 13.9. The summed E-state index contributed by atoms with van der Waals surface area (Å²) in [5.74, 6) is 0.952. The molecule has 0 spiro atoms. The fraction of sp³-hybridized carbons (Fsp3) is 0.529. The van der Waals surface area contributed by atoms with Crippen molar-refractivity contribution in [2.75, 3.05) is 24.6 Å². The van der Waals surface area contributed by atoms with Crippen molar-refractivity contribution in [3.05, 3.63) is 41.3 Å². The molecule has 0 radical (unpaired) electrons. The van der Waals surface area contributed by atoms with Crippen molar-refractivity contribution in [3.63, 3.8) is 0 Å². The summed E-state index contributed by atoms with van der Waals surface area (Å²) in [5, 5.41) is 13.8. The Morgan fingerprint density at radius 3 is 2.48 bits per heavy atom. The van der Waals surface area contributed by atoms with E-state index in [1.807, 2.05) is 4.90 Å². The second-order valence-corrected chi connectivity index (χ2v) is 6.59. The number of aliphatic hydroxyl groups excluding tert-OH is 1. The Hall–Kier alpha value is -2.09. The van der Waals surface area contributed by atoms with Crippen LogP contribution in [0.5, 0.6) is 0 Å². The Labute approximate surface area is 143 Å². The van der Waals surface area contributed by atoms with Crippen LogP contribution in [0.3, 0.4) is 0 Å². The molecule has 1 aliphatic rings. The van der Waals surface area contributed by atoms with Crippen molar-refractivity contribution in [2.24, 2.45) is 5.41 Å². The van der Waals surface area contributed by atoms with Crippen molar-refractivity contribution in [2.45, 2.75) is 32.4 Å². The third-order valence-electron chi connectivity index (χ3n) is 4.85. The Morgan fingerprint density at radius 2 is 1.92 bits per heavy atom. The second kappa shape index (κ2) is 6.67. The van der Waals surface area contributed by atoms with Crippen LogP contribution in [0.25, 0.3) is 0 Å². The topological polar surface area (TPSA) is 62.4 Å². The van der Waals surface area contributed by atoms with Crippen LogP contribution in [0.15, 0.2) is 28.8 Å². The average Bonchev–Trinajstić information content (AvgIpc) is 3.01. The van der Waals surface area contributed by atoms with Gasteiger partial charge in [0.15, 0.2) is 0 Å². The summed E-state index contributed by atoms with van der Waals surface area (Å²) in [5.41, 5.74) is -0.969. The van der Waals surface area contributed by atoms with Gasteiger partial charge in [-0.2, -0.15) is 18.2 Å². The number of rotatable bonds is 4. The van der Waals surface area contributed by atoms with Crippen molar-refractivity contribution < 1.29 is 22.8 Å². The maximum Gasteiger partial charge on any atom is 0.416 e. The molecule has 0 atom stereocenters. The molecule has 0 unspecified atom stereocenters. The van der Waals surface area contributed by atoms with E-state index in [1.165, 1.54) is 12.1 Å². The van der Waals surface area contributed by atoms with Gasteiger partial charge >= 0.3 is 6.18 Å². The van der Waals surface area contributed by atoms with Crippen LogP contribution >= 0.6 is 0 Å². The lowest BCUT2D eigenvalue weighted by atomic mass is 9.73. The molecule has 2 aromatic rings. The number of alkyl halides is 3. The van der Waals surface area contributed by atoms with Crippen LogP contribution in [-0.2, 0) is 12.6 Å². The van der Waals surface area contributed by atoms with E-state index in [2.05, 4.69) is 10.1 Å². The van der Waals surface area contributed by atoms with Gasteiger partial charge in [0.05, 0.1) is 5.56 Å². The highest BCUT2D eigenvalue weighted by atomic mass is 19.4. The summed E-state index contributed by atoms with van der Waals surface area (Å²) in [4.78, 5) is 6.11. The quantitative estimate of drug-likeness (QED) is 0.912. The van der Waals surface area contributed by atoms with Crippen molar-refractivity contribution in [1.29, 1.82) is 0 Å². The Morgan fingerprint density at radius 1 is 1.24 bits per heavy atom. The van der Waals surface area contributed by atoms with Gasteiger partial charge in [0, 0.05) is 32.0 Å². The molecule has 1 aromatic heterocycles. The molecule has 1 N–H and O–H groups in total. The predicted octanol–water partition coefficient (Wildman–Crippen LogP) is 3.22. The van der Waals surface area contributed by atoms with Crippen LogP contribution in [0.2, 0.25) is 0 Å². The molecule has 1 aromatic carbocycles. The van der Waals surface area contributed by atoms with Gasteiger partial charge in [-0.15, -0.1) is 0 Å². The summed E-state index contributed by atoms with van der Waals surface area (Å²) < 4.78 is 44.6. The lowest BCUT2D eigenvalue weighted by molar-refractivity contribution is -0.138. The fourth-order valence-electron chi connectivity index (χ4n) is 3.34. The molecule has 0 aliphatic carbocycles. The molecule has 1 fully saturated rings. The summed E-state index contributed by atoms with van der Waals surface area (Å²) in [6.07, 6.45) is -3.08. The monoisotopic (exact) mass is 355 g/mol. The normalized spacial score (nSPS) is 17.7. The molecule has 136 valence electrons. The van der Waals surface area contributed by atoms with E-state index in [1.54, 1.807) is 13.0 Å². The maximum atomic E-state index is 13.2. The molecule has 0 amide bonds. The van der Waals surface area contributed by atoms with E-state index in [0.29, 0.717) is 37.8 Å². The summed E-state index contributed by atoms with van der Waals surface area (Å²) >= 11 is 0. The summed E-state index contributed by atoms with van der Waals surface area (Å²) in [7, 11) is 0. The molecule has 25 heavy (non-hydrogen) atoms. The standard InChI is InChI=1S/C17H20F3N3O2/c1-12-21-15(22-25-12)23-8-6-16(11-24,7-9-23)10-13-4-2-3-5-14(13)17(18,19)20/h2-5,24H,6-11H2,1H3. The molecule has 1 saturated heterocycles. The number of anilines is 1. The third kappa shape index (κ3) is 3.78. The Bertz CT molecular complexity index is 722. The van der Waals surface area contributed by atoms with Crippen LogP contribution in [0, 0.1) is 12.3 Å². The van der Waals surface area contributed by atoms with Crippen molar-refractivity contribution in [1.82, 2.24) is 10.1 Å². The number of halogens is 3. The van der Waals surface area contributed by atoms with Gasteiger partial charge in [0.25, 0.3) is 5.95 Å². The maximum absolute atomic E-state index is 13.2. The van der Waals surface area contributed by atoms with Gasteiger partial charge in [-0.25, -0.2) is 0 Å². The number of aryl methyl sites for hydroxylation is 1. The first-order valence-corrected chi connectivity index (χ1v) is 8.14. The van der Waals surface area contributed by atoms with Crippen LogP contribution in [0.4, 0.5) is 19.1 Å². The molecule has 0 bridgehead atoms. The summed E-state index contributed by atoms with van der Waals surface area (Å²) in [6, 6.07) is 5.58. The predicted molar refractivity (Wildman–Crippen MR) is 85.1 cm³/mol. The molecule has 8 heteroatoms. The molecule has 3 rings (SSSR count). The van der Waals surface area contributed by atoms with E-state index >= 15 is 0 Å². The number of aromatic nitrogens is 2. The highest BCUT2D eigenvalue weighted by molar-refractivity contribution is 5.32. The average molecular weight is 355 g/mol. The van der Waals surface area contributed by atoms with E-state index in [0.717, 1.165) is 6.07 Å². The first-order valence-electron chi connectivity index (χ1n) is 8.14. The van der Waals surface area contributed by atoms with E-state index in [-0.39, 0.29) is 18.6 Å². The SMILES string of the molecule is Cc1nc(N2CCC(CO)(Cc3ccccc3C(F)(F)F)CC2)no1. The minimum Gasteiger partial charge on any atom is -0.396 e. The number of hydrogen-bond acceptors (Lipinski definition) is 5. The molecular weight excluding hydrogens is 335 g/mol. The Kier molecular flexibility index (Phi) is 4.73. The van der Waals surface area contributed by atoms with Crippen molar-refractivity contribution in [3.8, 4) is 0 Å². The van der Waals surface area contributed by atoms with E-state index < -0.39 is 17.2 Å². The lowest BCUT2D eigenvalue weighted by Crippen LogP contribution is -2.44. The number of aliphatic hydroxyl groups is 1. The molecule has 1 aliphatic heterocycles. The Balaban J connectivity index is 1.76.